The first-order chi connectivity index (χ1) is 19.6. The molecule has 2 aliphatic heterocycles. The van der Waals surface area contributed by atoms with Gasteiger partial charge >= 0.3 is 0 Å². The summed E-state index contributed by atoms with van der Waals surface area (Å²) in [6.45, 7) is 8.31. The van der Waals surface area contributed by atoms with Crippen molar-refractivity contribution in [3.63, 3.8) is 0 Å². The number of aromatic nitrogens is 2. The molecule has 10 nitrogen and oxygen atoms in total. The summed E-state index contributed by atoms with van der Waals surface area (Å²) < 4.78 is 0. The van der Waals surface area contributed by atoms with Gasteiger partial charge in [-0.3, -0.25) is 0 Å². The molecule has 4 heterocycles. The lowest BCUT2D eigenvalue weighted by Gasteiger charge is -2.13. The fraction of sp³-hybridized carbons (Fsp3) is 0.357. The molecule has 0 amide bonds. The molecule has 0 atom stereocenters. The number of anilines is 2. The molecule has 12 heteroatoms. The molecule has 2 saturated heterocycles. The van der Waals surface area contributed by atoms with Crippen LogP contribution in [0.25, 0.3) is 0 Å². The summed E-state index contributed by atoms with van der Waals surface area (Å²) in [4.78, 5) is 4.66. The highest BCUT2D eigenvalue weighted by molar-refractivity contribution is 7.19. The van der Waals surface area contributed by atoms with Crippen LogP contribution in [0.5, 0.6) is 0 Å². The Labute approximate surface area is 241 Å². The second-order valence-corrected chi connectivity index (χ2v) is 11.9. The standard InChI is InChI=1S/C28H30N10S2/c1-19-18-22(30-33-25-11-12-26(39-25)37-13-3-4-14-37)8-9-23(19)31-29-21-7-10-24(20(2)17-21)32-34-27-35-36-28(40-27)38-15-5-6-16-38/h7-12,17-18H,3-6,13-16H2,1-2H3. The van der Waals surface area contributed by atoms with Crippen LogP contribution in [-0.2, 0) is 0 Å². The fourth-order valence-electron chi connectivity index (χ4n) is 4.71. The largest absolute Gasteiger partial charge is 0.363 e. The van der Waals surface area contributed by atoms with E-state index in [2.05, 4.69) is 56.7 Å². The van der Waals surface area contributed by atoms with Crippen LogP contribution in [0.15, 0.2) is 79.2 Å². The van der Waals surface area contributed by atoms with Crippen LogP contribution in [0.2, 0.25) is 0 Å². The Morgan fingerprint density at radius 2 is 1.20 bits per heavy atom. The third-order valence-electron chi connectivity index (χ3n) is 6.92. The van der Waals surface area contributed by atoms with E-state index in [9.17, 15) is 0 Å². The molecular weight excluding hydrogens is 541 g/mol. The second kappa shape index (κ2) is 12.1. The van der Waals surface area contributed by atoms with E-state index in [1.54, 1.807) is 11.3 Å². The van der Waals surface area contributed by atoms with Gasteiger partial charge in [0.05, 0.1) is 27.8 Å². The van der Waals surface area contributed by atoms with Gasteiger partial charge < -0.3 is 9.80 Å². The minimum atomic E-state index is 0.561. The van der Waals surface area contributed by atoms with Gasteiger partial charge in [0.15, 0.2) is 0 Å². The van der Waals surface area contributed by atoms with E-state index < -0.39 is 0 Å². The molecule has 0 N–H and O–H groups in total. The number of aryl methyl sites for hydroxylation is 2. The summed E-state index contributed by atoms with van der Waals surface area (Å²) >= 11 is 3.15. The minimum absolute atomic E-state index is 0.561. The van der Waals surface area contributed by atoms with E-state index in [0.717, 1.165) is 70.2 Å². The molecule has 0 unspecified atom stereocenters. The van der Waals surface area contributed by atoms with Crippen molar-refractivity contribution < 1.29 is 0 Å². The summed E-state index contributed by atoms with van der Waals surface area (Å²) in [6.07, 6.45) is 4.93. The highest BCUT2D eigenvalue weighted by Crippen LogP contribution is 2.36. The van der Waals surface area contributed by atoms with Crippen molar-refractivity contribution in [2.75, 3.05) is 36.0 Å². The van der Waals surface area contributed by atoms with Gasteiger partial charge in [0.2, 0.25) is 5.13 Å². The molecule has 0 saturated carbocycles. The maximum absolute atomic E-state index is 4.46. The molecule has 40 heavy (non-hydrogen) atoms. The minimum Gasteiger partial charge on any atom is -0.363 e. The van der Waals surface area contributed by atoms with Gasteiger partial charge in [0.25, 0.3) is 5.13 Å². The molecule has 0 aliphatic carbocycles. The van der Waals surface area contributed by atoms with E-state index in [0.29, 0.717) is 5.13 Å². The predicted octanol–water partition coefficient (Wildman–Crippen LogP) is 9.66. The summed E-state index contributed by atoms with van der Waals surface area (Å²) in [5, 5.41) is 38.5. The van der Waals surface area contributed by atoms with Crippen LogP contribution in [0.3, 0.4) is 0 Å². The maximum Gasteiger partial charge on any atom is 0.253 e. The fourth-order valence-corrected chi connectivity index (χ4v) is 6.31. The van der Waals surface area contributed by atoms with Crippen LogP contribution < -0.4 is 9.80 Å². The van der Waals surface area contributed by atoms with Gasteiger partial charge in [-0.25, -0.2) is 0 Å². The normalized spacial score (nSPS) is 16.1. The topological polar surface area (TPSA) is 106 Å². The third kappa shape index (κ3) is 6.28. The van der Waals surface area contributed by atoms with Crippen LogP contribution in [-0.4, -0.2) is 36.4 Å². The van der Waals surface area contributed by atoms with Crippen molar-refractivity contribution in [2.24, 2.45) is 30.7 Å². The SMILES string of the molecule is Cc1cc(N=Nc2ccc(N3CCCC3)s2)ccc1N=Nc1ccc(N=Nc2nnc(N3CCCC3)s2)c(C)c1. The van der Waals surface area contributed by atoms with Gasteiger partial charge in [-0.15, -0.1) is 30.7 Å². The average Bonchev–Trinajstić information content (AvgIpc) is 3.78. The van der Waals surface area contributed by atoms with Crippen molar-refractivity contribution in [1.29, 1.82) is 0 Å². The summed E-state index contributed by atoms with van der Waals surface area (Å²) in [7, 11) is 0. The Bertz CT molecular complexity index is 1560. The second-order valence-electron chi connectivity index (χ2n) is 9.91. The molecular formula is C28H30N10S2. The van der Waals surface area contributed by atoms with E-state index in [1.165, 1.54) is 42.0 Å². The number of thiophene rings is 1. The quantitative estimate of drug-likeness (QED) is 0.197. The monoisotopic (exact) mass is 570 g/mol. The number of azo groups is 3. The van der Waals surface area contributed by atoms with Crippen molar-refractivity contribution in [3.8, 4) is 0 Å². The Balaban J connectivity index is 1.07. The van der Waals surface area contributed by atoms with Gasteiger partial charge in [-0.1, -0.05) is 22.7 Å². The zero-order chi connectivity index (χ0) is 27.3. The average molecular weight is 571 g/mol. The number of hydrogen-bond donors (Lipinski definition) is 0. The van der Waals surface area contributed by atoms with Gasteiger partial charge in [0.1, 0.15) is 5.00 Å². The van der Waals surface area contributed by atoms with Crippen LogP contribution >= 0.6 is 22.7 Å². The Hall–Kier alpha value is -3.90. The highest BCUT2D eigenvalue weighted by Gasteiger charge is 2.17. The molecule has 0 bridgehead atoms. The van der Waals surface area contributed by atoms with Crippen molar-refractivity contribution >= 4 is 65.7 Å². The number of nitrogens with zero attached hydrogens (tertiary/aromatic N) is 10. The smallest absolute Gasteiger partial charge is 0.253 e. The first kappa shape index (κ1) is 26.3. The van der Waals surface area contributed by atoms with Crippen molar-refractivity contribution in [2.45, 2.75) is 39.5 Å². The molecule has 2 aromatic carbocycles. The summed E-state index contributed by atoms with van der Waals surface area (Å²) in [6, 6.07) is 15.7. The summed E-state index contributed by atoms with van der Waals surface area (Å²) in [5.74, 6) is 0. The lowest BCUT2D eigenvalue weighted by molar-refractivity contribution is 0.925. The van der Waals surface area contributed by atoms with Crippen LogP contribution in [0, 0.1) is 13.8 Å². The van der Waals surface area contributed by atoms with Crippen molar-refractivity contribution in [1.82, 2.24) is 10.2 Å². The molecule has 2 aromatic heterocycles. The molecule has 204 valence electrons. The maximum atomic E-state index is 4.46. The highest BCUT2D eigenvalue weighted by atomic mass is 32.1. The van der Waals surface area contributed by atoms with E-state index in [4.69, 9.17) is 0 Å². The molecule has 4 aromatic rings. The Kier molecular flexibility index (Phi) is 7.96. The first-order valence-electron chi connectivity index (χ1n) is 13.5. The molecule has 2 aliphatic rings. The molecule has 0 spiro atoms. The predicted molar refractivity (Wildman–Crippen MR) is 162 cm³/mol. The molecule has 6 rings (SSSR count). The molecule has 0 radical (unpaired) electrons. The van der Waals surface area contributed by atoms with E-state index in [1.807, 2.05) is 56.3 Å². The zero-order valence-corrected chi connectivity index (χ0v) is 24.2. The number of rotatable bonds is 8. The Morgan fingerprint density at radius 1 is 0.600 bits per heavy atom. The van der Waals surface area contributed by atoms with Crippen LogP contribution in [0.4, 0.5) is 43.0 Å². The summed E-state index contributed by atoms with van der Waals surface area (Å²) in [5.41, 5.74) is 5.04. The number of benzene rings is 2. The van der Waals surface area contributed by atoms with E-state index in [-0.39, 0.29) is 0 Å². The zero-order valence-electron chi connectivity index (χ0n) is 22.6. The van der Waals surface area contributed by atoms with Crippen LogP contribution in [0.1, 0.15) is 36.8 Å². The van der Waals surface area contributed by atoms with Crippen molar-refractivity contribution in [3.05, 3.63) is 59.7 Å². The van der Waals surface area contributed by atoms with Gasteiger partial charge in [0, 0.05) is 26.2 Å². The first-order valence-corrected chi connectivity index (χ1v) is 15.1. The number of hydrogen-bond acceptors (Lipinski definition) is 12. The Morgan fingerprint density at radius 3 is 1.85 bits per heavy atom. The lowest BCUT2D eigenvalue weighted by atomic mass is 10.2. The van der Waals surface area contributed by atoms with Gasteiger partial charge in [-0.2, -0.15) is 10.2 Å². The third-order valence-corrected chi connectivity index (χ3v) is 8.82. The lowest BCUT2D eigenvalue weighted by Crippen LogP contribution is -2.17. The molecule has 2 fully saturated rings. The van der Waals surface area contributed by atoms with E-state index >= 15 is 0 Å². The van der Waals surface area contributed by atoms with Gasteiger partial charge in [-0.05, 0) is 99.2 Å².